The van der Waals surface area contributed by atoms with Crippen molar-refractivity contribution in [3.05, 3.63) is 30.1 Å². The average molecular weight is 231 g/mol. The first-order valence-corrected chi connectivity index (χ1v) is 6.04. The monoisotopic (exact) mass is 231 g/mol. The quantitative estimate of drug-likeness (QED) is 0.794. The molecule has 17 heavy (non-hydrogen) atoms. The van der Waals surface area contributed by atoms with Gasteiger partial charge in [-0.05, 0) is 37.3 Å². The van der Waals surface area contributed by atoms with Crippen molar-refractivity contribution in [1.29, 1.82) is 0 Å². The number of hydrogen-bond acceptors (Lipinski definition) is 3. The van der Waals surface area contributed by atoms with Crippen molar-refractivity contribution in [2.45, 2.75) is 32.6 Å². The SMILES string of the molecule is C[C@@H]1CCCC/C1=N/NC(=O)c1ccncc1. The summed E-state index contributed by atoms with van der Waals surface area (Å²) in [7, 11) is 0. The van der Waals surface area contributed by atoms with Crippen LogP contribution in [0, 0.1) is 5.92 Å². The lowest BCUT2D eigenvalue weighted by atomic mass is 9.89. The molecule has 0 aliphatic heterocycles. The van der Waals surface area contributed by atoms with E-state index in [1.165, 1.54) is 19.3 Å². The summed E-state index contributed by atoms with van der Waals surface area (Å²) in [5.41, 5.74) is 4.32. The Morgan fingerprint density at radius 2 is 2.18 bits per heavy atom. The minimum absolute atomic E-state index is 0.169. The fourth-order valence-corrected chi connectivity index (χ4v) is 2.03. The lowest BCUT2D eigenvalue weighted by Gasteiger charge is -2.19. The fourth-order valence-electron chi connectivity index (χ4n) is 2.03. The minimum Gasteiger partial charge on any atom is -0.267 e. The Morgan fingerprint density at radius 1 is 1.41 bits per heavy atom. The average Bonchev–Trinajstić information content (AvgIpc) is 2.38. The van der Waals surface area contributed by atoms with Crippen LogP contribution in [0.1, 0.15) is 43.0 Å². The van der Waals surface area contributed by atoms with E-state index in [1.807, 2.05) is 0 Å². The van der Waals surface area contributed by atoms with Gasteiger partial charge < -0.3 is 0 Å². The number of amides is 1. The van der Waals surface area contributed by atoms with Crippen LogP contribution >= 0.6 is 0 Å². The van der Waals surface area contributed by atoms with Crippen LogP contribution in [-0.2, 0) is 0 Å². The van der Waals surface area contributed by atoms with Crippen LogP contribution in [-0.4, -0.2) is 16.6 Å². The van der Waals surface area contributed by atoms with Crippen molar-refractivity contribution in [2.75, 3.05) is 0 Å². The minimum atomic E-state index is -0.169. The molecule has 1 aliphatic carbocycles. The molecule has 1 atom stereocenters. The molecule has 90 valence electrons. The molecule has 2 rings (SSSR count). The van der Waals surface area contributed by atoms with Gasteiger partial charge in [0.2, 0.25) is 0 Å². The highest BCUT2D eigenvalue weighted by atomic mass is 16.2. The molecule has 1 aliphatic rings. The van der Waals surface area contributed by atoms with Gasteiger partial charge >= 0.3 is 0 Å². The normalized spacial score (nSPS) is 22.4. The van der Waals surface area contributed by atoms with Crippen molar-refractivity contribution in [1.82, 2.24) is 10.4 Å². The molecule has 1 fully saturated rings. The van der Waals surface area contributed by atoms with E-state index in [9.17, 15) is 4.79 Å². The standard InChI is InChI=1S/C13H17N3O/c1-10-4-2-3-5-12(10)15-16-13(17)11-6-8-14-9-7-11/h6-10H,2-5H2,1H3,(H,16,17)/b15-12-/t10-/m1/s1. The Kier molecular flexibility index (Phi) is 3.85. The van der Waals surface area contributed by atoms with Crippen molar-refractivity contribution in [3.63, 3.8) is 0 Å². The van der Waals surface area contributed by atoms with Gasteiger partial charge in [0, 0.05) is 23.7 Å². The van der Waals surface area contributed by atoms with Crippen molar-refractivity contribution >= 4 is 11.6 Å². The van der Waals surface area contributed by atoms with Crippen LogP contribution in [0.5, 0.6) is 0 Å². The first-order valence-electron chi connectivity index (χ1n) is 6.04. The topological polar surface area (TPSA) is 54.4 Å². The third-order valence-electron chi connectivity index (χ3n) is 3.13. The maximum Gasteiger partial charge on any atom is 0.271 e. The van der Waals surface area contributed by atoms with Crippen LogP contribution in [0.4, 0.5) is 0 Å². The summed E-state index contributed by atoms with van der Waals surface area (Å²) in [6.45, 7) is 2.16. The summed E-state index contributed by atoms with van der Waals surface area (Å²) in [5.74, 6) is 0.319. The zero-order chi connectivity index (χ0) is 12.1. The van der Waals surface area contributed by atoms with Gasteiger partial charge in [0.05, 0.1) is 0 Å². The largest absolute Gasteiger partial charge is 0.271 e. The molecule has 4 nitrogen and oxygen atoms in total. The van der Waals surface area contributed by atoms with E-state index in [1.54, 1.807) is 24.5 Å². The Balaban J connectivity index is 1.97. The molecular formula is C13H17N3O. The highest BCUT2D eigenvalue weighted by Crippen LogP contribution is 2.20. The maximum atomic E-state index is 11.7. The van der Waals surface area contributed by atoms with E-state index in [-0.39, 0.29) is 5.91 Å². The van der Waals surface area contributed by atoms with Crippen LogP contribution in [0.2, 0.25) is 0 Å². The molecule has 0 saturated heterocycles. The second kappa shape index (κ2) is 5.57. The van der Waals surface area contributed by atoms with Gasteiger partial charge in [0.15, 0.2) is 0 Å². The summed E-state index contributed by atoms with van der Waals surface area (Å²) >= 11 is 0. The first kappa shape index (κ1) is 11.8. The molecule has 1 heterocycles. The van der Waals surface area contributed by atoms with Gasteiger partial charge in [-0.15, -0.1) is 0 Å². The molecular weight excluding hydrogens is 214 g/mol. The first-order chi connectivity index (χ1) is 8.27. The molecule has 0 radical (unpaired) electrons. The molecule has 1 aromatic heterocycles. The molecule has 0 aromatic carbocycles. The van der Waals surface area contributed by atoms with Gasteiger partial charge in [-0.2, -0.15) is 5.10 Å². The van der Waals surface area contributed by atoms with E-state index in [0.717, 1.165) is 12.1 Å². The number of hydrazone groups is 1. The highest BCUT2D eigenvalue weighted by Gasteiger charge is 2.16. The molecule has 0 unspecified atom stereocenters. The fraction of sp³-hybridized carbons (Fsp3) is 0.462. The second-order valence-corrected chi connectivity index (χ2v) is 4.43. The Labute approximate surface area is 101 Å². The van der Waals surface area contributed by atoms with E-state index in [0.29, 0.717) is 11.5 Å². The summed E-state index contributed by atoms with van der Waals surface area (Å²) in [5, 5.41) is 4.24. The smallest absolute Gasteiger partial charge is 0.267 e. The maximum absolute atomic E-state index is 11.7. The number of carbonyl (C=O) groups is 1. The van der Waals surface area contributed by atoms with Gasteiger partial charge in [0.1, 0.15) is 0 Å². The summed E-state index contributed by atoms with van der Waals surface area (Å²) in [6, 6.07) is 3.36. The van der Waals surface area contributed by atoms with Crippen molar-refractivity contribution in [2.24, 2.45) is 11.0 Å². The Bertz CT molecular complexity index is 414. The van der Waals surface area contributed by atoms with E-state index in [2.05, 4.69) is 22.4 Å². The number of hydrogen-bond donors (Lipinski definition) is 1. The molecule has 0 spiro atoms. The predicted octanol–water partition coefficient (Wildman–Crippen LogP) is 2.38. The highest BCUT2D eigenvalue weighted by molar-refractivity contribution is 5.95. The number of nitrogens with zero attached hydrogens (tertiary/aromatic N) is 2. The van der Waals surface area contributed by atoms with Crippen molar-refractivity contribution < 1.29 is 4.79 Å². The number of aromatic nitrogens is 1. The van der Waals surface area contributed by atoms with Crippen molar-refractivity contribution in [3.8, 4) is 0 Å². The summed E-state index contributed by atoms with van der Waals surface area (Å²) < 4.78 is 0. The zero-order valence-corrected chi connectivity index (χ0v) is 10.0. The third kappa shape index (κ3) is 3.12. The van der Waals surface area contributed by atoms with Gasteiger partial charge in [0.25, 0.3) is 5.91 Å². The van der Waals surface area contributed by atoms with Crippen LogP contribution in [0.15, 0.2) is 29.6 Å². The summed E-state index contributed by atoms with van der Waals surface area (Å²) in [6.07, 6.45) is 7.81. The molecule has 4 heteroatoms. The van der Waals surface area contributed by atoms with Gasteiger partial charge in [-0.3, -0.25) is 9.78 Å². The summed E-state index contributed by atoms with van der Waals surface area (Å²) in [4.78, 5) is 15.6. The molecule has 0 bridgehead atoms. The zero-order valence-electron chi connectivity index (χ0n) is 10.0. The third-order valence-corrected chi connectivity index (χ3v) is 3.13. The number of rotatable bonds is 2. The second-order valence-electron chi connectivity index (χ2n) is 4.43. The lowest BCUT2D eigenvalue weighted by Crippen LogP contribution is -2.24. The number of carbonyl (C=O) groups excluding carboxylic acids is 1. The van der Waals surface area contributed by atoms with Gasteiger partial charge in [-0.1, -0.05) is 13.3 Å². The van der Waals surface area contributed by atoms with Crippen LogP contribution < -0.4 is 5.43 Å². The number of nitrogens with one attached hydrogen (secondary N) is 1. The Morgan fingerprint density at radius 3 is 2.88 bits per heavy atom. The molecule has 1 aromatic rings. The molecule has 1 amide bonds. The van der Waals surface area contributed by atoms with E-state index in [4.69, 9.17) is 0 Å². The molecule has 1 N–H and O–H groups in total. The van der Waals surface area contributed by atoms with Crippen LogP contribution in [0.3, 0.4) is 0 Å². The van der Waals surface area contributed by atoms with E-state index < -0.39 is 0 Å². The number of pyridine rings is 1. The lowest BCUT2D eigenvalue weighted by molar-refractivity contribution is 0.0954. The molecule has 1 saturated carbocycles. The van der Waals surface area contributed by atoms with E-state index >= 15 is 0 Å². The van der Waals surface area contributed by atoms with Crippen LogP contribution in [0.25, 0.3) is 0 Å². The van der Waals surface area contributed by atoms with Gasteiger partial charge in [-0.25, -0.2) is 5.43 Å². The predicted molar refractivity (Wildman–Crippen MR) is 66.8 cm³/mol. The Hall–Kier alpha value is -1.71.